The molecule has 0 radical (unpaired) electrons. The lowest BCUT2D eigenvalue weighted by Gasteiger charge is -2.29. The lowest BCUT2D eigenvalue weighted by Crippen LogP contribution is -2.22. The van der Waals surface area contributed by atoms with Crippen LogP contribution in [0.3, 0.4) is 0 Å². The third kappa shape index (κ3) is 6.47. The van der Waals surface area contributed by atoms with E-state index in [2.05, 4.69) is 267 Å². The van der Waals surface area contributed by atoms with E-state index in [1.165, 1.54) is 93.9 Å². The zero-order chi connectivity index (χ0) is 43.3. The van der Waals surface area contributed by atoms with Crippen LogP contribution in [-0.2, 0) is 5.41 Å². The van der Waals surface area contributed by atoms with Gasteiger partial charge in [0.15, 0.2) is 0 Å². The van der Waals surface area contributed by atoms with Crippen molar-refractivity contribution in [2.45, 2.75) is 12.3 Å². The molecule has 11 aromatic rings. The quantitative estimate of drug-likeness (QED) is 0.147. The number of anilines is 3. The van der Waals surface area contributed by atoms with Crippen LogP contribution in [0.4, 0.5) is 17.1 Å². The summed E-state index contributed by atoms with van der Waals surface area (Å²) >= 11 is 0. The zero-order valence-electron chi connectivity index (χ0n) is 36.2. The Morgan fingerprint density at radius 1 is 0.308 bits per heavy atom. The average Bonchev–Trinajstić information content (AvgIpc) is 3.65. The molecule has 1 atom stereocenters. The smallest absolute Gasteiger partial charge is 0.0540 e. The summed E-state index contributed by atoms with van der Waals surface area (Å²) in [6.45, 7) is 2.39. The molecule has 0 saturated carbocycles. The highest BCUT2D eigenvalue weighted by atomic mass is 15.1. The maximum atomic E-state index is 2.43. The van der Waals surface area contributed by atoms with Crippen molar-refractivity contribution in [3.63, 3.8) is 0 Å². The second-order valence-electron chi connectivity index (χ2n) is 17.3. The summed E-state index contributed by atoms with van der Waals surface area (Å²) < 4.78 is 0. The molecule has 0 aromatic heterocycles. The van der Waals surface area contributed by atoms with Crippen LogP contribution in [-0.4, -0.2) is 0 Å². The molecule has 11 aromatic carbocycles. The minimum absolute atomic E-state index is 0.259. The van der Waals surface area contributed by atoms with Gasteiger partial charge in [0.1, 0.15) is 0 Å². The van der Waals surface area contributed by atoms with Crippen molar-refractivity contribution in [3.05, 3.63) is 271 Å². The van der Waals surface area contributed by atoms with Gasteiger partial charge in [0, 0.05) is 22.4 Å². The molecular weight excluding hydrogens is 783 g/mol. The van der Waals surface area contributed by atoms with Crippen molar-refractivity contribution in [2.24, 2.45) is 0 Å². The topological polar surface area (TPSA) is 3.24 Å². The van der Waals surface area contributed by atoms with E-state index in [9.17, 15) is 0 Å². The fraction of sp³-hybridized carbons (Fsp3) is 0.0312. The molecular formula is C64H45N. The highest BCUT2D eigenvalue weighted by Crippen LogP contribution is 2.55. The van der Waals surface area contributed by atoms with Crippen LogP contribution in [0.25, 0.3) is 77.2 Å². The largest absolute Gasteiger partial charge is 0.310 e. The first kappa shape index (κ1) is 38.4. The van der Waals surface area contributed by atoms with E-state index in [-0.39, 0.29) is 5.41 Å². The molecule has 12 rings (SSSR count). The summed E-state index contributed by atoms with van der Waals surface area (Å²) in [4.78, 5) is 2.43. The van der Waals surface area contributed by atoms with Crippen LogP contribution in [0.2, 0.25) is 0 Å². The highest BCUT2D eigenvalue weighted by molar-refractivity contribution is 6.09. The second kappa shape index (κ2) is 15.8. The first-order chi connectivity index (χ1) is 32.1. The number of para-hydroxylation sites is 1. The van der Waals surface area contributed by atoms with E-state index in [4.69, 9.17) is 0 Å². The SMILES string of the molecule is CC1(c2ccccc2)c2ccccc2-c2c(-c3ccc(N(c4ccc(-c5ccc6ccccc6c5)cc4)c4ccccc4-c4cccc5cccc(-c6ccccc6)c45)cc3)cccc21. The second-order valence-corrected chi connectivity index (χ2v) is 17.3. The Morgan fingerprint density at radius 2 is 0.815 bits per heavy atom. The van der Waals surface area contributed by atoms with Gasteiger partial charge in [-0.15, -0.1) is 0 Å². The molecule has 0 spiro atoms. The first-order valence-corrected chi connectivity index (χ1v) is 22.6. The number of rotatable bonds is 8. The third-order valence-electron chi connectivity index (χ3n) is 13.8. The predicted octanol–water partition coefficient (Wildman–Crippen LogP) is 17.5. The molecule has 0 amide bonds. The van der Waals surface area contributed by atoms with Gasteiger partial charge in [-0.2, -0.15) is 0 Å². The summed E-state index contributed by atoms with van der Waals surface area (Å²) in [6, 6.07) is 93.5. The molecule has 1 unspecified atom stereocenters. The number of fused-ring (bicyclic) bond motifs is 5. The standard InChI is InChI=1S/C64H45N/c1-64(51-23-6-3-7-24-51)59-30-12-10-26-58(59)63-55(28-16-31-60(63)64)47-37-41-53(42-38-47)65(52-39-35-45(36-40-52)50-34-33-44-17-8-9-20-49(44)43-50)61-32-13-11-25-56(61)57-29-15-22-48-21-14-27-54(62(48)57)46-18-4-2-5-19-46/h2-43H,1H3. The van der Waals surface area contributed by atoms with Gasteiger partial charge in [-0.05, 0) is 132 Å². The summed E-state index contributed by atoms with van der Waals surface area (Å²) in [7, 11) is 0. The van der Waals surface area contributed by atoms with E-state index in [0.717, 1.165) is 17.1 Å². The van der Waals surface area contributed by atoms with Crippen molar-refractivity contribution in [1.82, 2.24) is 0 Å². The van der Waals surface area contributed by atoms with Crippen LogP contribution in [0.15, 0.2) is 255 Å². The van der Waals surface area contributed by atoms with Gasteiger partial charge in [-0.1, -0.05) is 218 Å². The minimum atomic E-state index is -0.259. The summed E-state index contributed by atoms with van der Waals surface area (Å²) in [5.74, 6) is 0. The normalized spacial score (nSPS) is 14.0. The predicted molar refractivity (Wildman–Crippen MR) is 275 cm³/mol. The molecule has 0 aliphatic heterocycles. The van der Waals surface area contributed by atoms with Crippen molar-refractivity contribution in [3.8, 4) is 55.6 Å². The molecule has 0 bridgehead atoms. The molecule has 65 heavy (non-hydrogen) atoms. The number of nitrogens with zero attached hydrogens (tertiary/aromatic N) is 1. The molecule has 1 heteroatoms. The van der Waals surface area contributed by atoms with Crippen molar-refractivity contribution in [1.29, 1.82) is 0 Å². The van der Waals surface area contributed by atoms with Crippen LogP contribution >= 0.6 is 0 Å². The van der Waals surface area contributed by atoms with E-state index in [1.54, 1.807) is 0 Å². The van der Waals surface area contributed by atoms with Crippen LogP contribution < -0.4 is 4.90 Å². The lowest BCUT2D eigenvalue weighted by atomic mass is 9.74. The van der Waals surface area contributed by atoms with Gasteiger partial charge >= 0.3 is 0 Å². The van der Waals surface area contributed by atoms with Crippen molar-refractivity contribution in [2.75, 3.05) is 4.90 Å². The van der Waals surface area contributed by atoms with E-state index in [1.807, 2.05) is 0 Å². The molecule has 0 fully saturated rings. The molecule has 0 N–H and O–H groups in total. The maximum Gasteiger partial charge on any atom is 0.0540 e. The third-order valence-corrected chi connectivity index (χ3v) is 13.8. The summed E-state index contributed by atoms with van der Waals surface area (Å²) in [5, 5.41) is 4.95. The molecule has 1 aliphatic rings. The Balaban J connectivity index is 1.02. The van der Waals surface area contributed by atoms with E-state index in [0.29, 0.717) is 0 Å². The van der Waals surface area contributed by atoms with Crippen molar-refractivity contribution >= 4 is 38.6 Å². The lowest BCUT2D eigenvalue weighted by molar-refractivity contribution is 0.714. The molecule has 306 valence electrons. The first-order valence-electron chi connectivity index (χ1n) is 22.6. The van der Waals surface area contributed by atoms with Crippen LogP contribution in [0, 0.1) is 0 Å². The Morgan fingerprint density at radius 3 is 1.57 bits per heavy atom. The molecule has 0 saturated heterocycles. The Labute approximate surface area is 381 Å². The van der Waals surface area contributed by atoms with Gasteiger partial charge < -0.3 is 4.90 Å². The Bertz CT molecular complexity index is 3530. The van der Waals surface area contributed by atoms with Gasteiger partial charge in [-0.25, -0.2) is 0 Å². The van der Waals surface area contributed by atoms with E-state index >= 15 is 0 Å². The average molecular weight is 828 g/mol. The Kier molecular flexibility index (Phi) is 9.35. The molecule has 1 aliphatic carbocycles. The zero-order valence-corrected chi connectivity index (χ0v) is 36.2. The monoisotopic (exact) mass is 827 g/mol. The van der Waals surface area contributed by atoms with Gasteiger partial charge in [0.05, 0.1) is 5.69 Å². The van der Waals surface area contributed by atoms with Crippen LogP contribution in [0.1, 0.15) is 23.6 Å². The maximum absolute atomic E-state index is 2.43. The van der Waals surface area contributed by atoms with E-state index < -0.39 is 0 Å². The van der Waals surface area contributed by atoms with Gasteiger partial charge in [-0.3, -0.25) is 0 Å². The fourth-order valence-electron chi connectivity index (χ4n) is 10.6. The van der Waals surface area contributed by atoms with Gasteiger partial charge in [0.25, 0.3) is 0 Å². The summed E-state index contributed by atoms with van der Waals surface area (Å²) in [5.41, 5.74) is 19.3. The molecule has 1 nitrogen and oxygen atoms in total. The fourth-order valence-corrected chi connectivity index (χ4v) is 10.6. The summed E-state index contributed by atoms with van der Waals surface area (Å²) in [6.07, 6.45) is 0. The number of hydrogen-bond acceptors (Lipinski definition) is 1. The van der Waals surface area contributed by atoms with Crippen LogP contribution in [0.5, 0.6) is 0 Å². The minimum Gasteiger partial charge on any atom is -0.310 e. The Hall–Kier alpha value is -8.26. The van der Waals surface area contributed by atoms with Gasteiger partial charge in [0.2, 0.25) is 0 Å². The highest BCUT2D eigenvalue weighted by Gasteiger charge is 2.41. The number of benzene rings is 11. The molecule has 0 heterocycles. The van der Waals surface area contributed by atoms with Crippen molar-refractivity contribution < 1.29 is 0 Å². The number of hydrogen-bond donors (Lipinski definition) is 0.